The van der Waals surface area contributed by atoms with Gasteiger partial charge in [-0.15, -0.1) is 22.0 Å². The molecule has 6 nitrogen and oxygen atoms in total. The zero-order valence-electron chi connectivity index (χ0n) is 17.5. The summed E-state index contributed by atoms with van der Waals surface area (Å²) >= 11 is 1.99. The van der Waals surface area contributed by atoms with Crippen LogP contribution in [-0.4, -0.2) is 38.1 Å². The van der Waals surface area contributed by atoms with Crippen molar-refractivity contribution in [1.82, 2.24) is 25.4 Å². The Kier molecular flexibility index (Phi) is 6.43. The summed E-state index contributed by atoms with van der Waals surface area (Å²) in [7, 11) is 2.00. The standard InChI is InChI=1S/C22H32N6S/c1-17-26-27-20(28(17)2)15-23-21(25-18-9-5-3-6-10-18)24-16-22(13-14-22)29-19-11-7-4-8-12-19/h4,7-8,11-12,18H,3,5-6,9-10,13-16H2,1-2H3,(H2,23,24,25). The van der Waals surface area contributed by atoms with Gasteiger partial charge < -0.3 is 15.2 Å². The van der Waals surface area contributed by atoms with Gasteiger partial charge in [0.2, 0.25) is 0 Å². The fourth-order valence-electron chi connectivity index (χ4n) is 3.77. The van der Waals surface area contributed by atoms with Gasteiger partial charge in [-0.3, -0.25) is 0 Å². The lowest BCUT2D eigenvalue weighted by molar-refractivity contribution is 0.409. The highest BCUT2D eigenvalue weighted by Crippen LogP contribution is 2.51. The van der Waals surface area contributed by atoms with Gasteiger partial charge in [-0.05, 0) is 44.7 Å². The number of rotatable bonds is 7. The molecule has 0 unspecified atom stereocenters. The van der Waals surface area contributed by atoms with Crippen LogP contribution in [0.1, 0.15) is 56.6 Å². The summed E-state index contributed by atoms with van der Waals surface area (Å²) in [6, 6.07) is 11.2. The average Bonchev–Trinajstić information content (AvgIpc) is 3.44. The number of thioether (sulfide) groups is 1. The second kappa shape index (κ2) is 9.20. The molecule has 2 N–H and O–H groups in total. The maximum absolute atomic E-state index is 4.86. The summed E-state index contributed by atoms with van der Waals surface area (Å²) < 4.78 is 2.30. The molecule has 29 heavy (non-hydrogen) atoms. The second-order valence-corrected chi connectivity index (χ2v) is 9.86. The van der Waals surface area contributed by atoms with Crippen LogP contribution in [0.4, 0.5) is 0 Å². The van der Waals surface area contributed by atoms with Crippen LogP contribution in [0.15, 0.2) is 40.2 Å². The van der Waals surface area contributed by atoms with Gasteiger partial charge in [0, 0.05) is 29.3 Å². The van der Waals surface area contributed by atoms with Crippen molar-refractivity contribution in [2.24, 2.45) is 12.0 Å². The molecule has 0 atom stereocenters. The zero-order valence-corrected chi connectivity index (χ0v) is 18.3. The number of guanidine groups is 1. The van der Waals surface area contributed by atoms with Crippen molar-refractivity contribution < 1.29 is 0 Å². The normalized spacial score (nSPS) is 19.2. The minimum atomic E-state index is 0.289. The van der Waals surface area contributed by atoms with Gasteiger partial charge in [0.1, 0.15) is 12.4 Å². The van der Waals surface area contributed by atoms with E-state index < -0.39 is 0 Å². The monoisotopic (exact) mass is 412 g/mol. The molecule has 2 saturated carbocycles. The van der Waals surface area contributed by atoms with Gasteiger partial charge in [-0.2, -0.15) is 0 Å². The van der Waals surface area contributed by atoms with Crippen LogP contribution < -0.4 is 10.6 Å². The highest BCUT2D eigenvalue weighted by Gasteiger charge is 2.43. The number of hydrogen-bond acceptors (Lipinski definition) is 4. The lowest BCUT2D eigenvalue weighted by Crippen LogP contribution is -2.46. The predicted molar refractivity (Wildman–Crippen MR) is 119 cm³/mol. The summed E-state index contributed by atoms with van der Waals surface area (Å²) in [5, 5.41) is 15.7. The Morgan fingerprint density at radius 2 is 1.93 bits per heavy atom. The molecule has 2 aliphatic carbocycles. The van der Waals surface area contributed by atoms with E-state index >= 15 is 0 Å². The number of benzene rings is 1. The van der Waals surface area contributed by atoms with Crippen molar-refractivity contribution in [3.05, 3.63) is 42.0 Å². The van der Waals surface area contributed by atoms with E-state index in [-0.39, 0.29) is 4.75 Å². The van der Waals surface area contributed by atoms with E-state index in [9.17, 15) is 0 Å². The van der Waals surface area contributed by atoms with Crippen molar-refractivity contribution in [3.8, 4) is 0 Å². The number of nitrogens with one attached hydrogen (secondary N) is 2. The molecule has 4 rings (SSSR count). The molecule has 1 heterocycles. The summed E-state index contributed by atoms with van der Waals surface area (Å²) in [5.74, 6) is 2.73. The van der Waals surface area contributed by atoms with Crippen molar-refractivity contribution in [3.63, 3.8) is 0 Å². The lowest BCUT2D eigenvalue weighted by atomic mass is 9.96. The van der Waals surface area contributed by atoms with Crippen LogP contribution in [-0.2, 0) is 13.6 Å². The summed E-state index contributed by atoms with van der Waals surface area (Å²) in [6.45, 7) is 3.44. The van der Waals surface area contributed by atoms with Gasteiger partial charge in [0.05, 0.1) is 0 Å². The molecule has 0 amide bonds. The third-order valence-corrected chi connectivity index (χ3v) is 7.46. The number of aromatic nitrogens is 3. The molecule has 1 aromatic carbocycles. The molecule has 156 valence electrons. The molecule has 0 bridgehead atoms. The number of aryl methyl sites for hydroxylation is 1. The number of aliphatic imine (C=N–C) groups is 1. The van der Waals surface area contributed by atoms with Crippen molar-refractivity contribution in [1.29, 1.82) is 0 Å². The molecule has 0 saturated heterocycles. The molecule has 0 aliphatic heterocycles. The van der Waals surface area contributed by atoms with Crippen molar-refractivity contribution in [2.45, 2.75) is 74.1 Å². The Balaban J connectivity index is 1.40. The highest BCUT2D eigenvalue weighted by atomic mass is 32.2. The average molecular weight is 413 g/mol. The van der Waals surface area contributed by atoms with E-state index in [1.807, 2.05) is 30.3 Å². The first kappa shape index (κ1) is 20.3. The van der Waals surface area contributed by atoms with Crippen LogP contribution in [0.3, 0.4) is 0 Å². The third kappa shape index (κ3) is 5.53. The van der Waals surface area contributed by atoms with Crippen molar-refractivity contribution in [2.75, 3.05) is 6.54 Å². The molecular weight excluding hydrogens is 380 g/mol. The minimum absolute atomic E-state index is 0.289. The SMILES string of the molecule is Cc1nnc(CN=C(NCC2(Sc3ccccc3)CC2)NC2CCCCC2)n1C. The molecule has 2 aromatic rings. The number of hydrogen-bond donors (Lipinski definition) is 2. The van der Waals surface area contributed by atoms with Gasteiger partial charge in [0.15, 0.2) is 11.8 Å². The van der Waals surface area contributed by atoms with Gasteiger partial charge in [-0.25, -0.2) is 4.99 Å². The largest absolute Gasteiger partial charge is 0.355 e. The molecule has 2 fully saturated rings. The molecule has 7 heteroatoms. The molecule has 1 aromatic heterocycles. The first-order valence-corrected chi connectivity index (χ1v) is 11.6. The summed E-state index contributed by atoms with van der Waals surface area (Å²) in [6.07, 6.45) is 8.93. The van der Waals surface area contributed by atoms with E-state index in [4.69, 9.17) is 4.99 Å². The summed E-state index contributed by atoms with van der Waals surface area (Å²) in [5.41, 5.74) is 0. The quantitative estimate of drug-likeness (QED) is 0.535. The molecular formula is C22H32N6S. The third-order valence-electron chi connectivity index (χ3n) is 5.97. The molecule has 0 radical (unpaired) electrons. The van der Waals surface area contributed by atoms with E-state index in [0.717, 1.165) is 24.2 Å². The maximum Gasteiger partial charge on any atom is 0.191 e. The lowest BCUT2D eigenvalue weighted by Gasteiger charge is -2.26. The van der Waals surface area contributed by atoms with E-state index in [1.165, 1.54) is 49.8 Å². The fraction of sp³-hybridized carbons (Fsp3) is 0.591. The topological polar surface area (TPSA) is 67.1 Å². The highest BCUT2D eigenvalue weighted by molar-refractivity contribution is 8.01. The first-order chi connectivity index (χ1) is 14.1. The minimum Gasteiger partial charge on any atom is -0.355 e. The second-order valence-electron chi connectivity index (χ2n) is 8.32. The van der Waals surface area contributed by atoms with Crippen LogP contribution in [0.25, 0.3) is 0 Å². The molecule has 0 spiro atoms. The van der Waals surface area contributed by atoms with Gasteiger partial charge in [0.25, 0.3) is 0 Å². The Morgan fingerprint density at radius 3 is 2.59 bits per heavy atom. The van der Waals surface area contributed by atoms with Crippen LogP contribution in [0.5, 0.6) is 0 Å². The van der Waals surface area contributed by atoms with Crippen LogP contribution in [0, 0.1) is 6.92 Å². The van der Waals surface area contributed by atoms with Crippen LogP contribution in [0.2, 0.25) is 0 Å². The predicted octanol–water partition coefficient (Wildman–Crippen LogP) is 3.82. The van der Waals surface area contributed by atoms with E-state index in [2.05, 4.69) is 51.2 Å². The Hall–Kier alpha value is -2.02. The smallest absolute Gasteiger partial charge is 0.191 e. The Bertz CT molecular complexity index is 821. The van der Waals surface area contributed by atoms with Crippen LogP contribution >= 0.6 is 11.8 Å². The molecule has 2 aliphatic rings. The first-order valence-electron chi connectivity index (χ1n) is 10.8. The Morgan fingerprint density at radius 1 is 1.17 bits per heavy atom. The Labute approximate surface area is 178 Å². The number of nitrogens with zero attached hydrogens (tertiary/aromatic N) is 4. The van der Waals surface area contributed by atoms with Gasteiger partial charge in [-0.1, -0.05) is 37.5 Å². The summed E-state index contributed by atoms with van der Waals surface area (Å²) in [4.78, 5) is 6.21. The van der Waals surface area contributed by atoms with E-state index in [0.29, 0.717) is 12.6 Å². The van der Waals surface area contributed by atoms with Crippen molar-refractivity contribution >= 4 is 17.7 Å². The fourth-order valence-corrected chi connectivity index (χ4v) is 5.01. The van der Waals surface area contributed by atoms with E-state index in [1.54, 1.807) is 0 Å². The maximum atomic E-state index is 4.86. The zero-order chi connectivity index (χ0) is 20.1. The van der Waals surface area contributed by atoms with Gasteiger partial charge >= 0.3 is 0 Å².